The Balaban J connectivity index is 1.42. The van der Waals surface area contributed by atoms with Crippen molar-refractivity contribution in [2.75, 3.05) is 5.32 Å². The molecule has 0 spiro atoms. The lowest BCUT2D eigenvalue weighted by Gasteiger charge is -2.04. The summed E-state index contributed by atoms with van der Waals surface area (Å²) in [5, 5.41) is 12.1. The van der Waals surface area contributed by atoms with Gasteiger partial charge in [-0.1, -0.05) is 0 Å². The molecular weight excluding hydrogens is 457 g/mol. The van der Waals surface area contributed by atoms with Gasteiger partial charge in [0.15, 0.2) is 10.9 Å². The van der Waals surface area contributed by atoms with E-state index >= 15 is 0 Å². The van der Waals surface area contributed by atoms with E-state index in [9.17, 15) is 14.0 Å². The van der Waals surface area contributed by atoms with E-state index in [0.717, 1.165) is 22.6 Å². The molecule has 174 valence electrons. The van der Waals surface area contributed by atoms with E-state index in [-0.39, 0.29) is 17.6 Å². The van der Waals surface area contributed by atoms with E-state index in [1.165, 1.54) is 36.5 Å². The molecule has 0 bridgehead atoms. The van der Waals surface area contributed by atoms with Gasteiger partial charge in [0, 0.05) is 29.6 Å². The number of nitrogens with one attached hydrogen (secondary N) is 2. The average Bonchev–Trinajstić information content (AvgIpc) is 3.51. The third-order valence-corrected chi connectivity index (χ3v) is 5.74. The first-order valence-corrected chi connectivity index (χ1v) is 11.3. The lowest BCUT2D eigenvalue weighted by molar-refractivity contribution is -0.119. The quantitative estimate of drug-likeness (QED) is 0.376. The number of nitrogens with zero attached hydrogens (tertiary/aromatic N) is 3. The highest BCUT2D eigenvalue weighted by atomic mass is 32.1. The number of halogens is 1. The number of rotatable bonds is 7. The zero-order chi connectivity index (χ0) is 24.2. The van der Waals surface area contributed by atoms with Crippen molar-refractivity contribution in [3.05, 3.63) is 76.4 Å². The Labute approximate surface area is 199 Å². The molecule has 0 aliphatic rings. The molecule has 0 saturated carbocycles. The second-order valence-electron chi connectivity index (χ2n) is 7.51. The molecule has 4 aromatic rings. The highest BCUT2D eigenvalue weighted by Crippen LogP contribution is 2.27. The van der Waals surface area contributed by atoms with Gasteiger partial charge in [-0.3, -0.25) is 14.9 Å². The van der Waals surface area contributed by atoms with Crippen molar-refractivity contribution in [3.8, 4) is 17.1 Å². The molecule has 0 radical (unpaired) electrons. The summed E-state index contributed by atoms with van der Waals surface area (Å²) in [5.41, 5.74) is 3.71. The molecule has 2 N–H and O–H groups in total. The topological polar surface area (TPSA) is 102 Å². The van der Waals surface area contributed by atoms with Crippen LogP contribution in [0.2, 0.25) is 0 Å². The fourth-order valence-electron chi connectivity index (χ4n) is 3.30. The molecule has 4 rings (SSSR count). The monoisotopic (exact) mass is 479 g/mol. The van der Waals surface area contributed by atoms with Crippen LogP contribution < -0.4 is 10.6 Å². The number of amides is 2. The van der Waals surface area contributed by atoms with E-state index in [1.54, 1.807) is 40.4 Å². The van der Waals surface area contributed by atoms with Crippen LogP contribution in [0.5, 0.6) is 0 Å². The van der Waals surface area contributed by atoms with Gasteiger partial charge in [0.25, 0.3) is 0 Å². The predicted octanol–water partition coefficient (Wildman–Crippen LogP) is 4.63. The summed E-state index contributed by atoms with van der Waals surface area (Å²) >= 11 is 1.28. The number of aromatic nitrogens is 3. The average molecular weight is 480 g/mol. The molecular formula is C24H22FN5O3S. The molecule has 10 heteroatoms. The van der Waals surface area contributed by atoms with Crippen LogP contribution >= 0.6 is 11.3 Å². The second kappa shape index (κ2) is 9.84. The van der Waals surface area contributed by atoms with Crippen LogP contribution in [0, 0.1) is 19.7 Å². The molecule has 3 aromatic heterocycles. The summed E-state index contributed by atoms with van der Waals surface area (Å²) in [4.78, 5) is 27.9. The molecule has 2 amide bonds. The minimum atomic E-state index is -0.333. The normalized spacial score (nSPS) is 11.2. The van der Waals surface area contributed by atoms with Crippen molar-refractivity contribution in [2.45, 2.75) is 27.3 Å². The van der Waals surface area contributed by atoms with E-state index in [4.69, 9.17) is 4.42 Å². The standard InChI is InChI=1S/C24H22FN5O3S/c1-14-20(15(2)30(29-14)18-6-4-17(25)5-7-18)9-11-23(32)28-24-27-21(13-34-24)22-10-8-19(33-22)12-26-16(3)31/h4-11,13H,12H2,1-3H3,(H,26,31)(H,27,28,32)/b11-9+. The molecule has 0 aliphatic heterocycles. The van der Waals surface area contributed by atoms with Crippen LogP contribution in [-0.4, -0.2) is 26.6 Å². The van der Waals surface area contributed by atoms with Crippen molar-refractivity contribution < 1.29 is 18.4 Å². The first kappa shape index (κ1) is 23.1. The summed E-state index contributed by atoms with van der Waals surface area (Å²) in [6.45, 7) is 5.47. The van der Waals surface area contributed by atoms with Gasteiger partial charge >= 0.3 is 0 Å². The highest BCUT2D eigenvalue weighted by molar-refractivity contribution is 7.14. The molecule has 0 aliphatic carbocycles. The van der Waals surface area contributed by atoms with E-state index in [1.807, 2.05) is 13.8 Å². The van der Waals surface area contributed by atoms with Gasteiger partial charge in [0.2, 0.25) is 11.8 Å². The smallest absolute Gasteiger partial charge is 0.250 e. The Morgan fingerprint density at radius 1 is 1.18 bits per heavy atom. The maximum atomic E-state index is 13.2. The van der Waals surface area contributed by atoms with Crippen LogP contribution in [0.4, 0.5) is 9.52 Å². The number of aryl methyl sites for hydroxylation is 1. The fourth-order valence-corrected chi connectivity index (χ4v) is 4.00. The van der Waals surface area contributed by atoms with Gasteiger partial charge in [-0.2, -0.15) is 5.10 Å². The molecule has 3 heterocycles. The van der Waals surface area contributed by atoms with Crippen molar-refractivity contribution in [3.63, 3.8) is 0 Å². The van der Waals surface area contributed by atoms with Gasteiger partial charge in [-0.15, -0.1) is 11.3 Å². The van der Waals surface area contributed by atoms with Gasteiger partial charge in [0.05, 0.1) is 17.9 Å². The maximum absolute atomic E-state index is 13.2. The SMILES string of the molecule is CC(=O)NCc1ccc(-c2csc(NC(=O)/C=C/c3c(C)nn(-c4ccc(F)cc4)c3C)n2)o1. The Bertz CT molecular complexity index is 1370. The van der Waals surface area contributed by atoms with Crippen molar-refractivity contribution in [1.29, 1.82) is 0 Å². The van der Waals surface area contributed by atoms with Gasteiger partial charge in [-0.05, 0) is 56.3 Å². The molecule has 0 fully saturated rings. The number of hydrogen-bond acceptors (Lipinski definition) is 6. The first-order valence-electron chi connectivity index (χ1n) is 10.4. The molecule has 1 aromatic carbocycles. The third-order valence-electron chi connectivity index (χ3n) is 4.98. The van der Waals surface area contributed by atoms with Crippen molar-refractivity contribution in [1.82, 2.24) is 20.1 Å². The van der Waals surface area contributed by atoms with E-state index in [0.29, 0.717) is 28.9 Å². The number of furan rings is 1. The maximum Gasteiger partial charge on any atom is 0.250 e. The zero-order valence-corrected chi connectivity index (χ0v) is 19.6. The van der Waals surface area contributed by atoms with Crippen LogP contribution in [0.25, 0.3) is 23.2 Å². The van der Waals surface area contributed by atoms with Gasteiger partial charge in [-0.25, -0.2) is 14.1 Å². The number of anilines is 1. The van der Waals surface area contributed by atoms with Crippen molar-refractivity contribution >= 4 is 34.4 Å². The number of hydrogen-bond donors (Lipinski definition) is 2. The summed E-state index contributed by atoms with van der Waals surface area (Å²) in [7, 11) is 0. The Hall–Kier alpha value is -4.05. The highest BCUT2D eigenvalue weighted by Gasteiger charge is 2.13. The number of carbonyl (C=O) groups excluding carboxylic acids is 2. The van der Waals surface area contributed by atoms with E-state index < -0.39 is 0 Å². The fraction of sp³-hybridized carbons (Fsp3) is 0.167. The predicted molar refractivity (Wildman–Crippen MR) is 128 cm³/mol. The molecule has 0 atom stereocenters. The van der Waals surface area contributed by atoms with E-state index in [2.05, 4.69) is 20.7 Å². The lowest BCUT2D eigenvalue weighted by atomic mass is 10.2. The number of benzene rings is 1. The Morgan fingerprint density at radius 2 is 1.94 bits per heavy atom. The number of carbonyl (C=O) groups is 2. The number of thiazole rings is 1. The minimum Gasteiger partial charge on any atom is -0.458 e. The minimum absolute atomic E-state index is 0.141. The first-order chi connectivity index (χ1) is 16.3. The summed E-state index contributed by atoms with van der Waals surface area (Å²) < 4.78 is 20.6. The van der Waals surface area contributed by atoms with Gasteiger partial charge < -0.3 is 9.73 Å². The molecule has 0 saturated heterocycles. The van der Waals surface area contributed by atoms with Crippen LogP contribution in [0.3, 0.4) is 0 Å². The Morgan fingerprint density at radius 3 is 2.68 bits per heavy atom. The van der Waals surface area contributed by atoms with Crippen LogP contribution in [0.15, 0.2) is 52.3 Å². The third kappa shape index (κ3) is 5.29. The largest absolute Gasteiger partial charge is 0.458 e. The van der Waals surface area contributed by atoms with Crippen molar-refractivity contribution in [2.24, 2.45) is 0 Å². The molecule has 8 nitrogen and oxygen atoms in total. The van der Waals surface area contributed by atoms with Gasteiger partial charge in [0.1, 0.15) is 17.3 Å². The zero-order valence-electron chi connectivity index (χ0n) is 18.8. The molecule has 34 heavy (non-hydrogen) atoms. The Kier molecular flexibility index (Phi) is 6.69. The summed E-state index contributed by atoms with van der Waals surface area (Å²) in [6.07, 6.45) is 3.12. The molecule has 0 unspecified atom stereocenters. The van der Waals surface area contributed by atoms with Crippen LogP contribution in [-0.2, 0) is 16.1 Å². The summed E-state index contributed by atoms with van der Waals surface area (Å²) in [5.74, 6) is 0.369. The van der Waals surface area contributed by atoms with Crippen LogP contribution in [0.1, 0.15) is 29.6 Å². The summed E-state index contributed by atoms with van der Waals surface area (Å²) in [6, 6.07) is 9.59. The lowest BCUT2D eigenvalue weighted by Crippen LogP contribution is -2.18. The second-order valence-corrected chi connectivity index (χ2v) is 8.37.